The molecule has 98 valence electrons. The van der Waals surface area contributed by atoms with Crippen molar-refractivity contribution in [2.75, 3.05) is 0 Å². The zero-order valence-electron chi connectivity index (χ0n) is 11.1. The van der Waals surface area contributed by atoms with Crippen molar-refractivity contribution in [3.63, 3.8) is 0 Å². The Bertz CT molecular complexity index is 576. The van der Waals surface area contributed by atoms with Crippen LogP contribution in [0.3, 0.4) is 0 Å². The van der Waals surface area contributed by atoms with Crippen LogP contribution in [-0.4, -0.2) is 4.98 Å². The highest BCUT2D eigenvalue weighted by Gasteiger charge is 2.11. The molecule has 1 heterocycles. The smallest absolute Gasteiger partial charge is 0.101 e. The fraction of sp³-hybridized carbons (Fsp3) is 0.312. The monoisotopic (exact) mass is 270 g/mol. The number of fused-ring (bicyclic) bond motifs is 1. The molecule has 3 heteroatoms. The van der Waals surface area contributed by atoms with E-state index < -0.39 is 0 Å². The molecule has 0 spiro atoms. The van der Waals surface area contributed by atoms with E-state index in [1.807, 2.05) is 13.1 Å². The van der Waals surface area contributed by atoms with Crippen molar-refractivity contribution in [1.82, 2.24) is 4.98 Å². The summed E-state index contributed by atoms with van der Waals surface area (Å²) < 4.78 is 0. The van der Waals surface area contributed by atoms with E-state index in [0.29, 0.717) is 0 Å². The van der Waals surface area contributed by atoms with Gasteiger partial charge in [-0.1, -0.05) is 23.9 Å². The maximum atomic E-state index is 5.83. The Kier molecular flexibility index (Phi) is 3.58. The number of nitrogens with zero attached hydrogens (tertiary/aromatic N) is 1. The molecule has 1 aliphatic carbocycles. The van der Waals surface area contributed by atoms with Crippen LogP contribution in [0.25, 0.3) is 0 Å². The zero-order chi connectivity index (χ0) is 13.2. The third kappa shape index (κ3) is 2.82. The van der Waals surface area contributed by atoms with Crippen LogP contribution in [0.15, 0.2) is 46.5 Å². The van der Waals surface area contributed by atoms with Crippen molar-refractivity contribution in [1.29, 1.82) is 0 Å². The summed E-state index contributed by atoms with van der Waals surface area (Å²) in [5.41, 5.74) is 9.94. The summed E-state index contributed by atoms with van der Waals surface area (Å²) in [6.45, 7) is 1.98. The van der Waals surface area contributed by atoms with E-state index >= 15 is 0 Å². The number of aromatic nitrogens is 1. The maximum Gasteiger partial charge on any atom is 0.101 e. The number of rotatable bonds is 3. The van der Waals surface area contributed by atoms with Crippen molar-refractivity contribution in [3.8, 4) is 0 Å². The second-order valence-electron chi connectivity index (χ2n) is 5.10. The summed E-state index contributed by atoms with van der Waals surface area (Å²) in [5, 5.41) is 1.03. The summed E-state index contributed by atoms with van der Waals surface area (Å²) in [6, 6.07) is 10.9. The van der Waals surface area contributed by atoms with Gasteiger partial charge in [-0.15, -0.1) is 0 Å². The molecule has 19 heavy (non-hydrogen) atoms. The van der Waals surface area contributed by atoms with E-state index in [1.165, 1.54) is 35.3 Å². The zero-order valence-corrected chi connectivity index (χ0v) is 11.9. The Morgan fingerprint density at radius 3 is 2.74 bits per heavy atom. The number of hydrogen-bond donors (Lipinski definition) is 1. The van der Waals surface area contributed by atoms with Gasteiger partial charge in [0.15, 0.2) is 0 Å². The van der Waals surface area contributed by atoms with Crippen LogP contribution in [0.1, 0.15) is 36.1 Å². The van der Waals surface area contributed by atoms with Crippen LogP contribution in [0.5, 0.6) is 0 Å². The molecule has 2 nitrogen and oxygen atoms in total. The summed E-state index contributed by atoms with van der Waals surface area (Å²) in [5.74, 6) is 0. The first-order valence-electron chi connectivity index (χ1n) is 6.73. The predicted molar refractivity (Wildman–Crippen MR) is 79.4 cm³/mol. The molecule has 1 aromatic heterocycles. The molecular formula is C16H18N2S. The lowest BCUT2D eigenvalue weighted by atomic mass is 10.1. The second kappa shape index (κ2) is 5.35. The van der Waals surface area contributed by atoms with Gasteiger partial charge < -0.3 is 5.73 Å². The van der Waals surface area contributed by atoms with Gasteiger partial charge in [-0.25, -0.2) is 4.98 Å². The van der Waals surface area contributed by atoms with Crippen LogP contribution in [0, 0.1) is 0 Å². The van der Waals surface area contributed by atoms with Crippen LogP contribution in [0.2, 0.25) is 0 Å². The minimum Gasteiger partial charge on any atom is -0.324 e. The third-order valence-corrected chi connectivity index (χ3v) is 4.52. The highest BCUT2D eigenvalue weighted by atomic mass is 32.2. The minimum atomic E-state index is 0.0477. The van der Waals surface area contributed by atoms with Gasteiger partial charge in [-0.3, -0.25) is 0 Å². The van der Waals surface area contributed by atoms with E-state index in [4.69, 9.17) is 5.73 Å². The van der Waals surface area contributed by atoms with Gasteiger partial charge in [0.1, 0.15) is 5.03 Å². The standard InChI is InChI=1S/C16H18N2S/c1-11(17)14-6-8-16(18-10-14)19-15-7-5-12-3-2-4-13(12)9-15/h5-11H,2-4,17H2,1H3/t11-/m1/s1. The molecule has 3 rings (SSSR count). The number of nitrogens with two attached hydrogens (primary N) is 1. The van der Waals surface area contributed by atoms with Gasteiger partial charge in [-0.05, 0) is 61.1 Å². The van der Waals surface area contributed by atoms with E-state index in [-0.39, 0.29) is 6.04 Å². The molecule has 0 fully saturated rings. The first kappa shape index (κ1) is 12.7. The van der Waals surface area contributed by atoms with Crippen molar-refractivity contribution < 1.29 is 0 Å². The van der Waals surface area contributed by atoms with Gasteiger partial charge >= 0.3 is 0 Å². The average Bonchev–Trinajstić information content (AvgIpc) is 2.87. The normalized spacial score (nSPS) is 15.3. The first-order chi connectivity index (χ1) is 9.22. The Labute approximate surface area is 118 Å². The summed E-state index contributed by atoms with van der Waals surface area (Å²) >= 11 is 1.72. The number of aryl methyl sites for hydroxylation is 2. The quantitative estimate of drug-likeness (QED) is 0.923. The van der Waals surface area contributed by atoms with Crippen LogP contribution in [-0.2, 0) is 12.8 Å². The second-order valence-corrected chi connectivity index (χ2v) is 6.20. The molecule has 0 saturated carbocycles. The van der Waals surface area contributed by atoms with E-state index in [2.05, 4.69) is 35.3 Å². The van der Waals surface area contributed by atoms with Crippen molar-refractivity contribution in [3.05, 3.63) is 53.2 Å². The molecule has 0 amide bonds. The fourth-order valence-electron chi connectivity index (χ4n) is 2.45. The largest absolute Gasteiger partial charge is 0.324 e. The molecule has 1 atom stereocenters. The van der Waals surface area contributed by atoms with Crippen LogP contribution >= 0.6 is 11.8 Å². The highest BCUT2D eigenvalue weighted by molar-refractivity contribution is 7.99. The number of pyridine rings is 1. The van der Waals surface area contributed by atoms with Crippen LogP contribution in [0.4, 0.5) is 0 Å². The fourth-order valence-corrected chi connectivity index (χ4v) is 3.27. The third-order valence-electron chi connectivity index (χ3n) is 3.58. The first-order valence-corrected chi connectivity index (χ1v) is 7.55. The molecule has 0 radical (unpaired) electrons. The van der Waals surface area contributed by atoms with Gasteiger partial charge in [0.05, 0.1) is 0 Å². The molecule has 0 bridgehead atoms. The summed E-state index contributed by atoms with van der Waals surface area (Å²) in [7, 11) is 0. The minimum absolute atomic E-state index is 0.0477. The van der Waals surface area contributed by atoms with Gasteiger partial charge in [0.25, 0.3) is 0 Å². The molecular weight excluding hydrogens is 252 g/mol. The SMILES string of the molecule is C[C@@H](N)c1ccc(Sc2ccc3c(c2)CCC3)nc1. The molecule has 0 aliphatic heterocycles. The number of hydrogen-bond acceptors (Lipinski definition) is 3. The van der Waals surface area contributed by atoms with Crippen molar-refractivity contribution in [2.24, 2.45) is 5.73 Å². The van der Waals surface area contributed by atoms with Crippen molar-refractivity contribution >= 4 is 11.8 Å². The van der Waals surface area contributed by atoms with E-state index in [9.17, 15) is 0 Å². The average molecular weight is 270 g/mol. The Morgan fingerprint density at radius 1 is 1.16 bits per heavy atom. The molecule has 0 saturated heterocycles. The van der Waals surface area contributed by atoms with Crippen LogP contribution < -0.4 is 5.73 Å². The van der Waals surface area contributed by atoms with Gasteiger partial charge in [0, 0.05) is 17.1 Å². The molecule has 2 N–H and O–H groups in total. The van der Waals surface area contributed by atoms with Crippen molar-refractivity contribution in [2.45, 2.75) is 42.1 Å². The lowest BCUT2D eigenvalue weighted by Crippen LogP contribution is -2.04. The molecule has 2 aromatic rings. The maximum absolute atomic E-state index is 5.83. The summed E-state index contributed by atoms with van der Waals surface area (Å²) in [4.78, 5) is 5.75. The lowest BCUT2D eigenvalue weighted by Gasteiger charge is -2.07. The van der Waals surface area contributed by atoms with E-state index in [0.717, 1.165) is 10.6 Å². The Balaban J connectivity index is 1.77. The Morgan fingerprint density at radius 2 is 2.00 bits per heavy atom. The molecule has 1 aliphatic rings. The number of benzene rings is 1. The van der Waals surface area contributed by atoms with Gasteiger partial charge in [0.2, 0.25) is 0 Å². The lowest BCUT2D eigenvalue weighted by molar-refractivity contribution is 0.806. The Hall–Kier alpha value is -1.32. The topological polar surface area (TPSA) is 38.9 Å². The van der Waals surface area contributed by atoms with Gasteiger partial charge in [-0.2, -0.15) is 0 Å². The molecule has 1 aromatic carbocycles. The predicted octanol–water partition coefficient (Wildman–Crippen LogP) is 3.74. The summed E-state index contributed by atoms with van der Waals surface area (Å²) in [6.07, 6.45) is 5.63. The van der Waals surface area contributed by atoms with E-state index in [1.54, 1.807) is 11.8 Å². The molecule has 0 unspecified atom stereocenters. The highest BCUT2D eigenvalue weighted by Crippen LogP contribution is 2.31.